The van der Waals surface area contributed by atoms with Gasteiger partial charge in [0.15, 0.2) is 5.82 Å². The first-order valence-corrected chi connectivity index (χ1v) is 5.94. The van der Waals surface area contributed by atoms with Gasteiger partial charge in [0.25, 0.3) is 0 Å². The van der Waals surface area contributed by atoms with Crippen LogP contribution in [0.5, 0.6) is 0 Å². The molecule has 18 heavy (non-hydrogen) atoms. The molecule has 0 saturated heterocycles. The van der Waals surface area contributed by atoms with Crippen LogP contribution < -0.4 is 5.32 Å². The van der Waals surface area contributed by atoms with Crippen LogP contribution in [0.4, 0.5) is 0 Å². The van der Waals surface area contributed by atoms with Gasteiger partial charge in [-0.05, 0) is 12.8 Å². The van der Waals surface area contributed by atoms with E-state index in [0.717, 1.165) is 12.8 Å². The number of nitrogens with one attached hydrogen (secondary N) is 1. The second kappa shape index (κ2) is 5.61. The molecule has 0 spiro atoms. The zero-order valence-electron chi connectivity index (χ0n) is 9.83. The highest BCUT2D eigenvalue weighted by Gasteiger charge is 2.35. The summed E-state index contributed by atoms with van der Waals surface area (Å²) in [6.07, 6.45) is 4.13. The van der Waals surface area contributed by atoms with Crippen LogP contribution >= 0.6 is 0 Å². The zero-order valence-corrected chi connectivity index (χ0v) is 9.83. The van der Waals surface area contributed by atoms with Crippen molar-refractivity contribution in [1.29, 1.82) is 0 Å². The fraction of sp³-hybridized carbons (Fsp3) is 0.636. The maximum atomic E-state index is 11.9. The van der Waals surface area contributed by atoms with E-state index >= 15 is 0 Å². The monoisotopic (exact) mass is 253 g/mol. The Morgan fingerprint density at radius 2 is 2.11 bits per heavy atom. The van der Waals surface area contributed by atoms with Crippen molar-refractivity contribution in [2.24, 2.45) is 11.8 Å². The van der Waals surface area contributed by atoms with Crippen molar-refractivity contribution in [2.75, 3.05) is 0 Å². The Bertz CT molecular complexity index is 418. The molecule has 2 rings (SSSR count). The van der Waals surface area contributed by atoms with Crippen LogP contribution in [-0.4, -0.2) is 27.1 Å². The summed E-state index contributed by atoms with van der Waals surface area (Å²) >= 11 is 0. The highest BCUT2D eigenvalue weighted by Crippen LogP contribution is 2.30. The average Bonchev–Trinajstić information content (AvgIpc) is 2.89. The summed E-state index contributed by atoms with van der Waals surface area (Å²) in [5.74, 6) is -1.79. The molecule has 7 nitrogen and oxygen atoms in total. The number of nitrogens with zero attached hydrogens (tertiary/aromatic N) is 2. The Morgan fingerprint density at radius 1 is 1.39 bits per heavy atom. The van der Waals surface area contributed by atoms with Crippen molar-refractivity contribution in [3.05, 3.63) is 12.2 Å². The third kappa shape index (κ3) is 2.85. The molecule has 1 aliphatic carbocycles. The first-order chi connectivity index (χ1) is 8.68. The second-order valence-corrected chi connectivity index (χ2v) is 4.40. The van der Waals surface area contributed by atoms with E-state index in [2.05, 4.69) is 20.0 Å². The van der Waals surface area contributed by atoms with Gasteiger partial charge < -0.3 is 14.9 Å². The number of rotatable bonds is 4. The molecule has 0 bridgehead atoms. The highest BCUT2D eigenvalue weighted by molar-refractivity contribution is 5.84. The molecule has 0 aromatic carbocycles. The quantitative estimate of drug-likeness (QED) is 0.813. The van der Waals surface area contributed by atoms with E-state index in [0.29, 0.717) is 18.7 Å². The Hall–Kier alpha value is -1.92. The van der Waals surface area contributed by atoms with E-state index in [4.69, 9.17) is 5.11 Å². The van der Waals surface area contributed by atoms with Gasteiger partial charge in [-0.15, -0.1) is 0 Å². The van der Waals surface area contributed by atoms with E-state index in [1.807, 2.05) is 0 Å². The summed E-state index contributed by atoms with van der Waals surface area (Å²) in [6, 6.07) is 0. The molecule has 1 aromatic rings. The molecule has 2 N–H and O–H groups in total. The van der Waals surface area contributed by atoms with Crippen LogP contribution in [0.15, 0.2) is 10.9 Å². The SMILES string of the molecule is O=C(O)C1CCCCC1C(=O)NCc1ncon1. The van der Waals surface area contributed by atoms with Crippen LogP contribution in [0, 0.1) is 11.8 Å². The normalized spacial score (nSPS) is 23.6. The van der Waals surface area contributed by atoms with E-state index < -0.39 is 17.8 Å². The molecule has 2 unspecified atom stereocenters. The molecule has 2 atom stereocenters. The maximum absolute atomic E-state index is 11.9. The molecule has 1 saturated carbocycles. The van der Waals surface area contributed by atoms with Crippen LogP contribution in [0.25, 0.3) is 0 Å². The lowest BCUT2D eigenvalue weighted by molar-refractivity contribution is -0.148. The Morgan fingerprint density at radius 3 is 2.72 bits per heavy atom. The van der Waals surface area contributed by atoms with Crippen LogP contribution in [0.1, 0.15) is 31.5 Å². The van der Waals surface area contributed by atoms with E-state index in [9.17, 15) is 9.59 Å². The summed E-state index contributed by atoms with van der Waals surface area (Å²) in [7, 11) is 0. The molecule has 7 heteroatoms. The number of hydrogen-bond acceptors (Lipinski definition) is 5. The molecule has 1 heterocycles. The number of amides is 1. The minimum Gasteiger partial charge on any atom is -0.481 e. The Balaban J connectivity index is 1.92. The fourth-order valence-corrected chi connectivity index (χ4v) is 2.31. The van der Waals surface area contributed by atoms with Gasteiger partial charge in [0.05, 0.1) is 18.4 Å². The second-order valence-electron chi connectivity index (χ2n) is 4.40. The summed E-state index contributed by atoms with van der Waals surface area (Å²) < 4.78 is 4.55. The number of hydrogen-bond donors (Lipinski definition) is 2. The largest absolute Gasteiger partial charge is 0.481 e. The molecule has 1 fully saturated rings. The van der Waals surface area contributed by atoms with E-state index in [1.165, 1.54) is 6.39 Å². The van der Waals surface area contributed by atoms with Crippen LogP contribution in [0.3, 0.4) is 0 Å². The summed E-state index contributed by atoms with van der Waals surface area (Å²) in [5, 5.41) is 15.3. The van der Waals surface area contributed by atoms with E-state index in [1.54, 1.807) is 0 Å². The molecule has 0 radical (unpaired) electrons. The van der Waals surface area contributed by atoms with Crippen molar-refractivity contribution in [1.82, 2.24) is 15.5 Å². The minimum absolute atomic E-state index is 0.165. The highest BCUT2D eigenvalue weighted by atomic mass is 16.5. The van der Waals surface area contributed by atoms with Gasteiger partial charge in [0.1, 0.15) is 0 Å². The summed E-state index contributed by atoms with van der Waals surface area (Å²) in [5.41, 5.74) is 0. The van der Waals surface area contributed by atoms with Gasteiger partial charge in [-0.3, -0.25) is 9.59 Å². The lowest BCUT2D eigenvalue weighted by Gasteiger charge is -2.27. The molecule has 98 valence electrons. The van der Waals surface area contributed by atoms with Gasteiger partial charge in [0, 0.05) is 0 Å². The van der Waals surface area contributed by atoms with Gasteiger partial charge in [0.2, 0.25) is 12.3 Å². The predicted octanol–water partition coefficient (Wildman–Crippen LogP) is 0.577. The maximum Gasteiger partial charge on any atom is 0.307 e. The Kier molecular flexibility index (Phi) is 3.91. The first-order valence-electron chi connectivity index (χ1n) is 5.94. The third-order valence-corrected chi connectivity index (χ3v) is 3.25. The lowest BCUT2D eigenvalue weighted by atomic mass is 9.79. The molecule has 1 aromatic heterocycles. The van der Waals surface area contributed by atoms with Crippen molar-refractivity contribution in [3.63, 3.8) is 0 Å². The number of carbonyl (C=O) groups excluding carboxylic acids is 1. The van der Waals surface area contributed by atoms with Gasteiger partial charge in [-0.1, -0.05) is 18.0 Å². The zero-order chi connectivity index (χ0) is 13.0. The molecule has 1 amide bonds. The van der Waals surface area contributed by atoms with Crippen molar-refractivity contribution >= 4 is 11.9 Å². The number of carboxylic acid groups (broad SMARTS) is 1. The van der Waals surface area contributed by atoms with Gasteiger partial charge in [-0.2, -0.15) is 4.98 Å². The first kappa shape index (κ1) is 12.5. The average molecular weight is 253 g/mol. The topological polar surface area (TPSA) is 105 Å². The van der Waals surface area contributed by atoms with E-state index in [-0.39, 0.29) is 12.5 Å². The number of carboxylic acids is 1. The third-order valence-electron chi connectivity index (χ3n) is 3.25. The van der Waals surface area contributed by atoms with Crippen LogP contribution in [0.2, 0.25) is 0 Å². The summed E-state index contributed by atoms with van der Waals surface area (Å²) in [4.78, 5) is 26.8. The predicted molar refractivity (Wildman–Crippen MR) is 59.2 cm³/mol. The number of aromatic nitrogens is 2. The van der Waals surface area contributed by atoms with Crippen molar-refractivity contribution in [3.8, 4) is 0 Å². The smallest absolute Gasteiger partial charge is 0.307 e. The van der Waals surface area contributed by atoms with Crippen molar-refractivity contribution < 1.29 is 19.2 Å². The molecule has 0 aliphatic heterocycles. The standard InChI is InChI=1S/C11H15N3O4/c15-10(12-5-9-13-6-18-14-9)7-3-1-2-4-8(7)11(16)17/h6-8H,1-5H2,(H,12,15)(H,16,17). The molecular formula is C11H15N3O4. The molecule has 1 aliphatic rings. The number of carbonyl (C=O) groups is 2. The fourth-order valence-electron chi connectivity index (χ4n) is 2.31. The van der Waals surface area contributed by atoms with Crippen LogP contribution in [-0.2, 0) is 16.1 Å². The Labute approximate surface area is 104 Å². The molecular weight excluding hydrogens is 238 g/mol. The number of aliphatic carboxylic acids is 1. The summed E-state index contributed by atoms with van der Waals surface area (Å²) in [6.45, 7) is 0.165. The van der Waals surface area contributed by atoms with Gasteiger partial charge >= 0.3 is 5.97 Å². The lowest BCUT2D eigenvalue weighted by Crippen LogP contribution is -2.39. The minimum atomic E-state index is -0.894. The van der Waals surface area contributed by atoms with Crippen molar-refractivity contribution in [2.45, 2.75) is 32.2 Å². The van der Waals surface area contributed by atoms with Gasteiger partial charge in [-0.25, -0.2) is 0 Å².